The van der Waals surface area contributed by atoms with Crippen LogP contribution < -0.4 is 5.32 Å². The van der Waals surface area contributed by atoms with Crippen LogP contribution in [0.2, 0.25) is 0 Å². The first-order valence-electron chi connectivity index (χ1n) is 7.22. The topological polar surface area (TPSA) is 105 Å². The Labute approximate surface area is 137 Å². The van der Waals surface area contributed by atoms with Crippen LogP contribution in [0.25, 0.3) is 0 Å². The average Bonchev–Trinajstić information content (AvgIpc) is 2.55. The Morgan fingerprint density at radius 1 is 1.33 bits per heavy atom. The first kappa shape index (κ1) is 15.6. The van der Waals surface area contributed by atoms with Gasteiger partial charge in [-0.3, -0.25) is 19.7 Å². The third-order valence-electron chi connectivity index (χ3n) is 3.93. The van der Waals surface area contributed by atoms with Crippen LogP contribution in [-0.2, 0) is 9.59 Å². The number of hydrogen-bond acceptors (Lipinski definition) is 5. The van der Waals surface area contributed by atoms with Gasteiger partial charge in [0.25, 0.3) is 17.5 Å². The number of carbonyl (C=O) groups excluding carboxylic acids is 2. The van der Waals surface area contributed by atoms with Crippen LogP contribution >= 0.6 is 0 Å². The molecule has 8 nitrogen and oxygen atoms in total. The second kappa shape index (κ2) is 5.73. The Balaban J connectivity index is 1.84. The number of benzene rings is 1. The maximum absolute atomic E-state index is 12.8. The Bertz CT molecular complexity index is 810. The molecule has 0 radical (unpaired) electrons. The molecule has 8 heteroatoms. The number of anilines is 1. The summed E-state index contributed by atoms with van der Waals surface area (Å²) in [6.07, 6.45) is 6.79. The van der Waals surface area contributed by atoms with Crippen LogP contribution in [0.3, 0.4) is 0 Å². The minimum absolute atomic E-state index is 0.0620. The second-order valence-corrected chi connectivity index (χ2v) is 5.64. The lowest BCUT2D eigenvalue weighted by Gasteiger charge is -2.41. The number of fused-ring (bicyclic) bond motifs is 1. The third-order valence-corrected chi connectivity index (χ3v) is 3.93. The number of nitrogens with zero attached hydrogens (tertiary/aromatic N) is 3. The van der Waals surface area contributed by atoms with E-state index in [1.165, 1.54) is 24.3 Å². The van der Waals surface area contributed by atoms with Crippen molar-refractivity contribution in [2.24, 2.45) is 4.99 Å². The largest absolute Gasteiger partial charge is 0.324 e. The van der Waals surface area contributed by atoms with Gasteiger partial charge in [-0.2, -0.15) is 4.99 Å². The van der Waals surface area contributed by atoms with Gasteiger partial charge in [-0.15, -0.1) is 0 Å². The summed E-state index contributed by atoms with van der Waals surface area (Å²) in [5, 5.41) is 13.4. The number of amides is 2. The van der Waals surface area contributed by atoms with Gasteiger partial charge in [0, 0.05) is 24.0 Å². The molecule has 0 bridgehead atoms. The summed E-state index contributed by atoms with van der Waals surface area (Å²) in [7, 11) is 0. The molecule has 0 saturated heterocycles. The third kappa shape index (κ3) is 2.69. The van der Waals surface area contributed by atoms with Crippen molar-refractivity contribution < 1.29 is 14.5 Å². The van der Waals surface area contributed by atoms with Gasteiger partial charge in [-0.25, -0.2) is 0 Å². The smallest absolute Gasteiger partial charge is 0.269 e. The molecule has 122 valence electrons. The minimum Gasteiger partial charge on any atom is -0.324 e. The summed E-state index contributed by atoms with van der Waals surface area (Å²) in [4.78, 5) is 40.4. The summed E-state index contributed by atoms with van der Waals surface area (Å²) in [6.45, 7) is 1.66. The van der Waals surface area contributed by atoms with Crippen molar-refractivity contribution in [3.05, 3.63) is 58.8 Å². The Hall–Kier alpha value is -3.29. The van der Waals surface area contributed by atoms with E-state index in [4.69, 9.17) is 0 Å². The molecule has 1 unspecified atom stereocenters. The van der Waals surface area contributed by atoms with Crippen LogP contribution in [0.15, 0.2) is 53.7 Å². The maximum Gasteiger partial charge on any atom is 0.269 e. The standard InChI is InChI=1S/C16H14N4O4/c1-16(10-14(21)18-13-4-2-3-9-19(13)16)15(22)17-11-5-7-12(8-6-11)20(23)24/h2-9H,10H2,1H3,(H,17,22). The number of carbonyl (C=O) groups is 2. The molecular formula is C16H14N4O4. The maximum atomic E-state index is 12.8. The molecule has 1 aromatic rings. The van der Waals surface area contributed by atoms with E-state index < -0.39 is 16.4 Å². The van der Waals surface area contributed by atoms with Crippen LogP contribution in [0.5, 0.6) is 0 Å². The Kier molecular flexibility index (Phi) is 3.72. The minimum atomic E-state index is -1.13. The summed E-state index contributed by atoms with van der Waals surface area (Å²) in [6, 6.07) is 5.51. The van der Waals surface area contributed by atoms with E-state index in [1.807, 2.05) is 0 Å². The van der Waals surface area contributed by atoms with Crippen LogP contribution in [0.1, 0.15) is 13.3 Å². The SMILES string of the molecule is CC1(C(=O)Nc2ccc([N+](=O)[O-])cc2)CC(=O)N=C2C=CC=CN21. The van der Waals surface area contributed by atoms with Gasteiger partial charge in [0.05, 0.1) is 11.3 Å². The molecule has 0 aliphatic carbocycles. The molecule has 1 atom stereocenters. The zero-order chi connectivity index (χ0) is 17.3. The van der Waals surface area contributed by atoms with E-state index in [2.05, 4.69) is 10.3 Å². The van der Waals surface area contributed by atoms with E-state index >= 15 is 0 Å². The molecule has 0 spiro atoms. The number of aliphatic imine (C=N–C) groups is 1. The number of allylic oxidation sites excluding steroid dienone is 2. The molecule has 1 N–H and O–H groups in total. The lowest BCUT2D eigenvalue weighted by molar-refractivity contribution is -0.384. The van der Waals surface area contributed by atoms with Gasteiger partial charge < -0.3 is 10.2 Å². The summed E-state index contributed by atoms with van der Waals surface area (Å²) in [5.41, 5.74) is -0.776. The zero-order valence-electron chi connectivity index (χ0n) is 12.8. The fraction of sp³-hybridized carbons (Fsp3) is 0.188. The molecule has 0 saturated carbocycles. The van der Waals surface area contributed by atoms with Crippen molar-refractivity contribution in [2.45, 2.75) is 18.9 Å². The summed E-state index contributed by atoms with van der Waals surface area (Å²) in [5.74, 6) is -0.352. The van der Waals surface area contributed by atoms with Gasteiger partial charge in [-0.1, -0.05) is 6.08 Å². The zero-order valence-corrected chi connectivity index (χ0v) is 12.8. The predicted molar refractivity (Wildman–Crippen MR) is 87.3 cm³/mol. The van der Waals surface area contributed by atoms with E-state index in [9.17, 15) is 19.7 Å². The Morgan fingerprint density at radius 3 is 2.71 bits per heavy atom. The molecule has 1 aromatic carbocycles. The van der Waals surface area contributed by atoms with Gasteiger partial charge in [0.2, 0.25) is 0 Å². The number of nitro benzene ring substituents is 1. The fourth-order valence-corrected chi connectivity index (χ4v) is 2.61. The second-order valence-electron chi connectivity index (χ2n) is 5.64. The molecule has 2 heterocycles. The van der Waals surface area contributed by atoms with Gasteiger partial charge in [0.15, 0.2) is 0 Å². The van der Waals surface area contributed by atoms with Crippen molar-refractivity contribution in [3.63, 3.8) is 0 Å². The van der Waals surface area contributed by atoms with Crippen molar-refractivity contribution in [2.75, 3.05) is 5.32 Å². The lowest BCUT2D eigenvalue weighted by Crippen LogP contribution is -2.58. The number of nitrogens with one attached hydrogen (secondary N) is 1. The molecule has 24 heavy (non-hydrogen) atoms. The first-order valence-corrected chi connectivity index (χ1v) is 7.22. The summed E-state index contributed by atoms with van der Waals surface area (Å²) < 4.78 is 0. The molecule has 3 rings (SSSR count). The van der Waals surface area contributed by atoms with Crippen molar-refractivity contribution in [1.29, 1.82) is 0 Å². The van der Waals surface area contributed by atoms with E-state index in [-0.39, 0.29) is 18.0 Å². The van der Waals surface area contributed by atoms with Crippen LogP contribution in [0, 0.1) is 10.1 Å². The van der Waals surface area contributed by atoms with Crippen LogP contribution in [0.4, 0.5) is 11.4 Å². The normalized spacial score (nSPS) is 22.0. The van der Waals surface area contributed by atoms with Crippen LogP contribution in [-0.4, -0.2) is 33.0 Å². The van der Waals surface area contributed by atoms with E-state index in [0.717, 1.165) is 0 Å². The highest BCUT2D eigenvalue weighted by atomic mass is 16.6. The lowest BCUT2D eigenvalue weighted by atomic mass is 9.91. The fourth-order valence-electron chi connectivity index (χ4n) is 2.61. The average molecular weight is 326 g/mol. The number of hydrogen-bond donors (Lipinski definition) is 1. The number of non-ortho nitro benzene ring substituents is 1. The van der Waals surface area contributed by atoms with E-state index in [0.29, 0.717) is 11.5 Å². The monoisotopic (exact) mass is 326 g/mol. The highest BCUT2D eigenvalue weighted by Crippen LogP contribution is 2.29. The highest BCUT2D eigenvalue weighted by Gasteiger charge is 2.45. The van der Waals surface area contributed by atoms with Gasteiger partial charge >= 0.3 is 0 Å². The predicted octanol–water partition coefficient (Wildman–Crippen LogP) is 2.01. The molecule has 0 aromatic heterocycles. The number of rotatable bonds is 3. The quantitative estimate of drug-likeness (QED) is 0.675. The van der Waals surface area contributed by atoms with Crippen molar-refractivity contribution in [1.82, 2.24) is 4.90 Å². The highest BCUT2D eigenvalue weighted by molar-refractivity contribution is 6.11. The molecular weight excluding hydrogens is 312 g/mol. The number of amidine groups is 1. The van der Waals surface area contributed by atoms with Crippen molar-refractivity contribution in [3.8, 4) is 0 Å². The van der Waals surface area contributed by atoms with Crippen molar-refractivity contribution >= 4 is 29.0 Å². The molecule has 2 aliphatic heterocycles. The number of nitro groups is 1. The molecule has 2 amide bonds. The van der Waals surface area contributed by atoms with E-state index in [1.54, 1.807) is 36.3 Å². The van der Waals surface area contributed by atoms with Gasteiger partial charge in [0.1, 0.15) is 11.4 Å². The molecule has 0 fully saturated rings. The summed E-state index contributed by atoms with van der Waals surface area (Å²) >= 11 is 0. The molecule has 2 aliphatic rings. The Morgan fingerprint density at radius 2 is 2.04 bits per heavy atom. The van der Waals surface area contributed by atoms with Gasteiger partial charge in [-0.05, 0) is 31.2 Å². The first-order chi connectivity index (χ1) is 11.4.